The van der Waals surface area contributed by atoms with E-state index in [4.69, 9.17) is 5.73 Å². The van der Waals surface area contributed by atoms with Crippen LogP contribution in [0.5, 0.6) is 5.75 Å². The molecule has 0 aliphatic heterocycles. The first kappa shape index (κ1) is 16.5. The summed E-state index contributed by atoms with van der Waals surface area (Å²) in [4.78, 5) is 14.2. The predicted octanol–water partition coefficient (Wildman–Crippen LogP) is 2.68. The van der Waals surface area contributed by atoms with Crippen molar-refractivity contribution >= 4 is 5.91 Å². The Balaban J connectivity index is 2.86. The van der Waals surface area contributed by atoms with Crippen LogP contribution in [0.15, 0.2) is 24.3 Å². The summed E-state index contributed by atoms with van der Waals surface area (Å²) in [6.07, 6.45) is 0.683. The van der Waals surface area contributed by atoms with Crippen LogP contribution in [0.3, 0.4) is 0 Å². The maximum absolute atomic E-state index is 12.4. The summed E-state index contributed by atoms with van der Waals surface area (Å²) in [5.74, 6) is 0.574. The quantitative estimate of drug-likeness (QED) is 0.840. The zero-order chi connectivity index (χ0) is 15.3. The normalized spacial score (nSPS) is 14.1. The van der Waals surface area contributed by atoms with Gasteiger partial charge in [0.25, 0.3) is 0 Å². The Kier molecular flexibility index (Phi) is 6.02. The Labute approximate surface area is 121 Å². The fraction of sp³-hybridized carbons (Fsp3) is 0.562. The zero-order valence-corrected chi connectivity index (χ0v) is 12.8. The number of aromatic hydroxyl groups is 1. The average molecular weight is 278 g/mol. The highest BCUT2D eigenvalue weighted by atomic mass is 16.3. The Bertz CT molecular complexity index is 446. The van der Waals surface area contributed by atoms with Gasteiger partial charge in [-0.3, -0.25) is 4.79 Å². The van der Waals surface area contributed by atoms with Crippen LogP contribution in [0.4, 0.5) is 0 Å². The third kappa shape index (κ3) is 4.23. The summed E-state index contributed by atoms with van der Waals surface area (Å²) in [6, 6.07) is 6.45. The molecule has 1 aromatic carbocycles. The van der Waals surface area contributed by atoms with E-state index in [1.165, 1.54) is 0 Å². The van der Waals surface area contributed by atoms with Gasteiger partial charge < -0.3 is 15.7 Å². The number of hydrogen-bond acceptors (Lipinski definition) is 3. The molecular formula is C16H26N2O2. The summed E-state index contributed by atoms with van der Waals surface area (Å²) >= 11 is 0. The van der Waals surface area contributed by atoms with Gasteiger partial charge in [-0.1, -0.05) is 26.0 Å². The topological polar surface area (TPSA) is 66.6 Å². The van der Waals surface area contributed by atoms with Crippen molar-refractivity contribution in [2.24, 2.45) is 11.7 Å². The number of phenols is 1. The zero-order valence-electron chi connectivity index (χ0n) is 12.8. The molecule has 1 aromatic rings. The SMILES string of the molecule is CCN(C(=O)C(N)CC(C)C)C(C)c1cccc(O)c1. The maximum atomic E-state index is 12.4. The van der Waals surface area contributed by atoms with E-state index in [9.17, 15) is 9.90 Å². The second-order valence-corrected chi connectivity index (χ2v) is 5.63. The lowest BCUT2D eigenvalue weighted by Crippen LogP contribution is -2.45. The molecule has 0 saturated heterocycles. The number of phenolic OH excluding ortho intramolecular Hbond substituents is 1. The van der Waals surface area contributed by atoms with Crippen molar-refractivity contribution < 1.29 is 9.90 Å². The van der Waals surface area contributed by atoms with Crippen molar-refractivity contribution in [3.63, 3.8) is 0 Å². The summed E-state index contributed by atoms with van der Waals surface area (Å²) in [7, 11) is 0. The third-order valence-electron chi connectivity index (χ3n) is 3.49. The minimum atomic E-state index is -0.463. The van der Waals surface area contributed by atoms with Gasteiger partial charge in [0.1, 0.15) is 5.75 Å². The largest absolute Gasteiger partial charge is 0.508 e. The van der Waals surface area contributed by atoms with Crippen LogP contribution in [0.2, 0.25) is 0 Å². The van der Waals surface area contributed by atoms with E-state index in [1.807, 2.05) is 19.9 Å². The highest BCUT2D eigenvalue weighted by molar-refractivity contribution is 5.82. The molecule has 112 valence electrons. The number of carbonyl (C=O) groups is 1. The average Bonchev–Trinajstić information content (AvgIpc) is 2.38. The Morgan fingerprint density at radius 3 is 2.50 bits per heavy atom. The fourth-order valence-electron chi connectivity index (χ4n) is 2.41. The number of benzene rings is 1. The van der Waals surface area contributed by atoms with Gasteiger partial charge in [0.2, 0.25) is 5.91 Å². The molecular weight excluding hydrogens is 252 g/mol. The van der Waals surface area contributed by atoms with Crippen LogP contribution in [0.1, 0.15) is 45.7 Å². The van der Waals surface area contributed by atoms with Crippen LogP contribution < -0.4 is 5.73 Å². The molecule has 0 radical (unpaired) electrons. The standard InChI is InChI=1S/C16H26N2O2/c1-5-18(16(20)15(17)9-11(2)3)12(4)13-7-6-8-14(19)10-13/h6-8,10-12,15,19H,5,9,17H2,1-4H3. The van der Waals surface area contributed by atoms with E-state index in [0.29, 0.717) is 18.9 Å². The van der Waals surface area contributed by atoms with Gasteiger partial charge in [-0.25, -0.2) is 0 Å². The molecule has 0 bridgehead atoms. The number of likely N-dealkylation sites (N-methyl/N-ethyl adjacent to an activating group) is 1. The summed E-state index contributed by atoms with van der Waals surface area (Å²) in [5, 5.41) is 9.56. The minimum Gasteiger partial charge on any atom is -0.508 e. The monoisotopic (exact) mass is 278 g/mol. The number of nitrogens with zero attached hydrogens (tertiary/aromatic N) is 1. The molecule has 0 aromatic heterocycles. The molecule has 0 aliphatic carbocycles. The molecule has 3 N–H and O–H groups in total. The first-order chi connectivity index (χ1) is 9.36. The predicted molar refractivity (Wildman–Crippen MR) is 81.3 cm³/mol. The summed E-state index contributed by atoms with van der Waals surface area (Å²) in [6.45, 7) is 8.61. The van der Waals surface area contributed by atoms with E-state index >= 15 is 0 Å². The molecule has 0 aliphatic rings. The van der Waals surface area contributed by atoms with Gasteiger partial charge in [-0.15, -0.1) is 0 Å². The van der Waals surface area contributed by atoms with E-state index in [0.717, 1.165) is 5.56 Å². The molecule has 4 heteroatoms. The lowest BCUT2D eigenvalue weighted by molar-refractivity contribution is -0.134. The summed E-state index contributed by atoms with van der Waals surface area (Å²) < 4.78 is 0. The second kappa shape index (κ2) is 7.29. The van der Waals surface area contributed by atoms with Crippen molar-refractivity contribution in [3.8, 4) is 5.75 Å². The lowest BCUT2D eigenvalue weighted by Gasteiger charge is -2.31. The molecule has 1 rings (SSSR count). The first-order valence-corrected chi connectivity index (χ1v) is 7.21. The summed E-state index contributed by atoms with van der Waals surface area (Å²) in [5.41, 5.74) is 6.91. The van der Waals surface area contributed by atoms with Crippen LogP contribution in [0.25, 0.3) is 0 Å². The molecule has 0 spiro atoms. The molecule has 4 nitrogen and oxygen atoms in total. The number of nitrogens with two attached hydrogens (primary N) is 1. The molecule has 1 amide bonds. The minimum absolute atomic E-state index is 0.0305. The molecule has 0 heterocycles. The highest BCUT2D eigenvalue weighted by Gasteiger charge is 2.25. The lowest BCUT2D eigenvalue weighted by atomic mass is 10.0. The number of rotatable bonds is 6. The molecule has 0 saturated carbocycles. The van der Waals surface area contributed by atoms with Crippen molar-refractivity contribution in [2.45, 2.75) is 46.2 Å². The van der Waals surface area contributed by atoms with Crippen LogP contribution >= 0.6 is 0 Å². The van der Waals surface area contributed by atoms with Crippen molar-refractivity contribution in [3.05, 3.63) is 29.8 Å². The van der Waals surface area contributed by atoms with Gasteiger partial charge in [0.15, 0.2) is 0 Å². The van der Waals surface area contributed by atoms with Crippen LogP contribution in [-0.4, -0.2) is 28.5 Å². The van der Waals surface area contributed by atoms with Crippen molar-refractivity contribution in [1.29, 1.82) is 0 Å². The van der Waals surface area contributed by atoms with Crippen LogP contribution in [0, 0.1) is 5.92 Å². The first-order valence-electron chi connectivity index (χ1n) is 7.21. The van der Waals surface area contributed by atoms with Gasteiger partial charge in [-0.05, 0) is 43.9 Å². The fourth-order valence-corrected chi connectivity index (χ4v) is 2.41. The third-order valence-corrected chi connectivity index (χ3v) is 3.49. The van der Waals surface area contributed by atoms with E-state index in [2.05, 4.69) is 13.8 Å². The molecule has 20 heavy (non-hydrogen) atoms. The van der Waals surface area contributed by atoms with Gasteiger partial charge >= 0.3 is 0 Å². The second-order valence-electron chi connectivity index (χ2n) is 5.63. The number of amides is 1. The van der Waals surface area contributed by atoms with Crippen molar-refractivity contribution in [1.82, 2.24) is 4.90 Å². The highest BCUT2D eigenvalue weighted by Crippen LogP contribution is 2.24. The van der Waals surface area contributed by atoms with Crippen molar-refractivity contribution in [2.75, 3.05) is 6.54 Å². The number of hydrogen-bond donors (Lipinski definition) is 2. The van der Waals surface area contributed by atoms with E-state index in [-0.39, 0.29) is 17.7 Å². The Morgan fingerprint density at radius 1 is 1.35 bits per heavy atom. The maximum Gasteiger partial charge on any atom is 0.239 e. The van der Waals surface area contributed by atoms with Gasteiger partial charge in [0.05, 0.1) is 12.1 Å². The smallest absolute Gasteiger partial charge is 0.239 e. The van der Waals surface area contributed by atoms with E-state index < -0.39 is 6.04 Å². The van der Waals surface area contributed by atoms with Gasteiger partial charge in [-0.2, -0.15) is 0 Å². The molecule has 2 unspecified atom stereocenters. The van der Waals surface area contributed by atoms with Crippen LogP contribution in [-0.2, 0) is 4.79 Å². The Hall–Kier alpha value is -1.55. The Morgan fingerprint density at radius 2 is 2.00 bits per heavy atom. The molecule has 2 atom stereocenters. The van der Waals surface area contributed by atoms with E-state index in [1.54, 1.807) is 23.1 Å². The molecule has 0 fully saturated rings. The number of carbonyl (C=O) groups excluding carboxylic acids is 1. The van der Waals surface area contributed by atoms with Gasteiger partial charge in [0, 0.05) is 6.54 Å².